The number of rotatable bonds is 6. The quantitative estimate of drug-likeness (QED) is 0.684. The Morgan fingerprint density at radius 3 is 2.80 bits per heavy atom. The van der Waals surface area contributed by atoms with Gasteiger partial charge in [-0.2, -0.15) is 0 Å². The smallest absolute Gasteiger partial charge is 0.151 e. The van der Waals surface area contributed by atoms with Crippen LogP contribution in [-0.4, -0.2) is 45.2 Å². The van der Waals surface area contributed by atoms with Crippen LogP contribution in [0.2, 0.25) is 0 Å². The Balaban J connectivity index is 2.07. The van der Waals surface area contributed by atoms with Crippen LogP contribution in [-0.2, 0) is 14.6 Å². The normalized spacial score (nSPS) is 26.7. The molecule has 0 bridgehead atoms. The minimum Gasteiger partial charge on any atom is -0.377 e. The van der Waals surface area contributed by atoms with Crippen molar-refractivity contribution < 1.29 is 13.2 Å². The topological polar surface area (TPSA) is 55.4 Å². The predicted octanol–water partition coefficient (Wildman–Crippen LogP) is 0.578. The summed E-state index contributed by atoms with van der Waals surface area (Å²) in [4.78, 5) is 0. The highest BCUT2D eigenvalue weighted by Crippen LogP contribution is 2.10. The van der Waals surface area contributed by atoms with Gasteiger partial charge in [0.05, 0.1) is 24.2 Å². The van der Waals surface area contributed by atoms with Gasteiger partial charge in [-0.1, -0.05) is 6.92 Å². The predicted molar refractivity (Wildman–Crippen MR) is 60.8 cm³/mol. The van der Waals surface area contributed by atoms with Crippen LogP contribution in [0.5, 0.6) is 0 Å². The summed E-state index contributed by atoms with van der Waals surface area (Å²) in [7, 11) is -2.76. The van der Waals surface area contributed by atoms with Crippen LogP contribution < -0.4 is 5.32 Å². The second-order valence-electron chi connectivity index (χ2n) is 4.14. The zero-order valence-electron chi connectivity index (χ0n) is 9.53. The summed E-state index contributed by atoms with van der Waals surface area (Å²) in [5.74, 6) is 0.618. The van der Waals surface area contributed by atoms with E-state index in [1.54, 1.807) is 0 Å². The van der Waals surface area contributed by atoms with E-state index in [-0.39, 0.29) is 11.8 Å². The molecule has 2 atom stereocenters. The molecular weight excluding hydrogens is 214 g/mol. The van der Waals surface area contributed by atoms with Gasteiger partial charge in [-0.25, -0.2) is 8.42 Å². The first-order valence-corrected chi connectivity index (χ1v) is 7.41. The highest BCUT2D eigenvalue weighted by Gasteiger charge is 2.26. The molecule has 0 aromatic carbocycles. The summed E-state index contributed by atoms with van der Waals surface area (Å²) in [6.07, 6.45) is 2.04. The summed E-state index contributed by atoms with van der Waals surface area (Å²) < 4.78 is 27.8. The molecule has 0 saturated carbocycles. The van der Waals surface area contributed by atoms with Crippen LogP contribution in [0.1, 0.15) is 26.7 Å². The van der Waals surface area contributed by atoms with Gasteiger partial charge in [-0.05, 0) is 19.8 Å². The number of hydrogen-bond acceptors (Lipinski definition) is 4. The molecule has 5 heteroatoms. The molecule has 90 valence electrons. The van der Waals surface area contributed by atoms with Gasteiger partial charge in [-0.3, -0.25) is 0 Å². The lowest BCUT2D eigenvalue weighted by molar-refractivity contribution is 0.0646. The fourth-order valence-electron chi connectivity index (χ4n) is 1.60. The maximum absolute atomic E-state index is 11.2. The van der Waals surface area contributed by atoms with Gasteiger partial charge < -0.3 is 10.1 Å². The number of hydrogen-bond donors (Lipinski definition) is 1. The van der Waals surface area contributed by atoms with Crippen LogP contribution in [0.4, 0.5) is 0 Å². The third kappa shape index (κ3) is 4.95. The highest BCUT2D eigenvalue weighted by molar-refractivity contribution is 7.91. The molecule has 1 heterocycles. The molecule has 15 heavy (non-hydrogen) atoms. The summed E-state index contributed by atoms with van der Waals surface area (Å²) in [5, 5.41) is 3.21. The molecule has 1 fully saturated rings. The monoisotopic (exact) mass is 235 g/mol. The molecule has 1 N–H and O–H groups in total. The summed E-state index contributed by atoms with van der Waals surface area (Å²) in [6, 6.07) is 0.135. The van der Waals surface area contributed by atoms with Gasteiger partial charge in [0, 0.05) is 12.6 Å². The van der Waals surface area contributed by atoms with Gasteiger partial charge in [0.1, 0.15) is 0 Å². The Bertz CT molecular complexity index is 276. The fourth-order valence-corrected chi connectivity index (χ4v) is 3.30. The zero-order chi connectivity index (χ0) is 11.3. The van der Waals surface area contributed by atoms with E-state index in [0.29, 0.717) is 18.5 Å². The van der Waals surface area contributed by atoms with Crippen molar-refractivity contribution in [1.29, 1.82) is 0 Å². The fraction of sp³-hybridized carbons (Fsp3) is 1.00. The second-order valence-corrected chi connectivity index (χ2v) is 6.37. The highest BCUT2D eigenvalue weighted by atomic mass is 32.2. The van der Waals surface area contributed by atoms with E-state index >= 15 is 0 Å². The lowest BCUT2D eigenvalue weighted by Crippen LogP contribution is -2.33. The average molecular weight is 235 g/mol. The van der Waals surface area contributed by atoms with E-state index in [1.807, 2.05) is 6.92 Å². The Hall–Kier alpha value is -0.130. The molecule has 1 saturated heterocycles. The molecule has 1 aliphatic rings. The molecule has 0 aromatic rings. The number of nitrogens with one attached hydrogen (secondary N) is 1. The molecule has 0 aliphatic carbocycles. The van der Waals surface area contributed by atoms with Gasteiger partial charge in [0.25, 0.3) is 0 Å². The third-order valence-corrected chi connectivity index (χ3v) is 4.51. The Morgan fingerprint density at radius 1 is 1.53 bits per heavy atom. The first kappa shape index (κ1) is 12.9. The van der Waals surface area contributed by atoms with Crippen LogP contribution in [0.3, 0.4) is 0 Å². The van der Waals surface area contributed by atoms with Gasteiger partial charge in [-0.15, -0.1) is 0 Å². The number of sulfone groups is 1. The first-order chi connectivity index (χ1) is 7.03. The lowest BCUT2D eigenvalue weighted by atomic mass is 10.3. The van der Waals surface area contributed by atoms with Crippen LogP contribution in [0, 0.1) is 0 Å². The lowest BCUT2D eigenvalue weighted by Gasteiger charge is -2.13. The van der Waals surface area contributed by atoms with E-state index in [2.05, 4.69) is 12.2 Å². The molecule has 0 aromatic heterocycles. The molecule has 1 rings (SSSR count). The van der Waals surface area contributed by atoms with Crippen molar-refractivity contribution >= 4 is 9.84 Å². The molecule has 0 radical (unpaired) electrons. The molecule has 1 aliphatic heterocycles. The summed E-state index contributed by atoms with van der Waals surface area (Å²) in [5.41, 5.74) is 0. The molecule has 0 spiro atoms. The third-order valence-electron chi connectivity index (χ3n) is 2.74. The Kier molecular flexibility index (Phi) is 5.02. The van der Waals surface area contributed by atoms with Gasteiger partial charge in [0.15, 0.2) is 9.84 Å². The van der Waals surface area contributed by atoms with Crippen LogP contribution >= 0.6 is 0 Å². The van der Waals surface area contributed by atoms with Crippen LogP contribution in [0.15, 0.2) is 0 Å². The molecule has 4 nitrogen and oxygen atoms in total. The van der Waals surface area contributed by atoms with Crippen molar-refractivity contribution in [2.75, 3.05) is 24.7 Å². The maximum Gasteiger partial charge on any atom is 0.151 e. The van der Waals surface area contributed by atoms with Crippen molar-refractivity contribution in [1.82, 2.24) is 5.32 Å². The van der Waals surface area contributed by atoms with Crippen LogP contribution in [0.25, 0.3) is 0 Å². The van der Waals surface area contributed by atoms with E-state index in [1.165, 1.54) is 0 Å². The summed E-state index contributed by atoms with van der Waals surface area (Å²) >= 11 is 0. The number of ether oxygens (including phenoxy) is 1. The van der Waals surface area contributed by atoms with Crippen molar-refractivity contribution in [3.8, 4) is 0 Å². The standard InChI is InChI=1S/C10H21NO3S/c1-3-9(2)14-6-5-11-10-4-7-15(12,13)8-10/h9-11H,3-8H2,1-2H3. The zero-order valence-corrected chi connectivity index (χ0v) is 10.3. The molecular formula is C10H21NO3S. The molecule has 2 unspecified atom stereocenters. The second kappa shape index (κ2) is 5.82. The Labute approximate surface area is 92.3 Å². The van der Waals surface area contributed by atoms with Crippen molar-refractivity contribution in [2.24, 2.45) is 0 Å². The van der Waals surface area contributed by atoms with Gasteiger partial charge >= 0.3 is 0 Å². The molecule has 0 amide bonds. The summed E-state index contributed by atoms with van der Waals surface area (Å²) in [6.45, 7) is 5.53. The van der Waals surface area contributed by atoms with Crippen molar-refractivity contribution in [3.63, 3.8) is 0 Å². The maximum atomic E-state index is 11.2. The van der Waals surface area contributed by atoms with E-state index in [0.717, 1.165) is 19.4 Å². The van der Waals surface area contributed by atoms with E-state index in [9.17, 15) is 8.42 Å². The SMILES string of the molecule is CCC(C)OCCNC1CCS(=O)(=O)C1. The van der Waals surface area contributed by atoms with E-state index < -0.39 is 9.84 Å². The first-order valence-electron chi connectivity index (χ1n) is 5.59. The minimum atomic E-state index is -2.76. The minimum absolute atomic E-state index is 0.135. The van der Waals surface area contributed by atoms with Crippen molar-refractivity contribution in [2.45, 2.75) is 38.8 Å². The Morgan fingerprint density at radius 2 is 2.27 bits per heavy atom. The largest absolute Gasteiger partial charge is 0.377 e. The van der Waals surface area contributed by atoms with E-state index in [4.69, 9.17) is 4.74 Å². The van der Waals surface area contributed by atoms with Gasteiger partial charge in [0.2, 0.25) is 0 Å². The van der Waals surface area contributed by atoms with Crippen molar-refractivity contribution in [3.05, 3.63) is 0 Å². The average Bonchev–Trinajstić information content (AvgIpc) is 2.52.